The minimum atomic E-state index is -0.121. The summed E-state index contributed by atoms with van der Waals surface area (Å²) in [6.07, 6.45) is 0. The van der Waals surface area contributed by atoms with Crippen molar-refractivity contribution in [2.75, 3.05) is 0 Å². The van der Waals surface area contributed by atoms with Gasteiger partial charge in [0.25, 0.3) is 0 Å². The minimum Gasteiger partial charge on any atom is -0.487 e. The Kier molecular flexibility index (Phi) is 4.96. The highest BCUT2D eigenvalue weighted by molar-refractivity contribution is 5.36. The van der Waals surface area contributed by atoms with Crippen molar-refractivity contribution in [2.45, 2.75) is 47.5 Å². The maximum atomic E-state index is 9.39. The van der Waals surface area contributed by atoms with Gasteiger partial charge in [-0.3, -0.25) is 0 Å². The molecule has 0 fully saturated rings. The number of nitrogens with zero attached hydrogens (tertiary/aromatic N) is 3. The van der Waals surface area contributed by atoms with Crippen LogP contribution in [-0.2, 0) is 19.8 Å². The lowest BCUT2D eigenvalue weighted by atomic mass is 10.1. The maximum Gasteiger partial charge on any atom is 0.132 e. The van der Waals surface area contributed by atoms with Crippen LogP contribution in [0, 0.1) is 19.8 Å². The average Bonchev–Trinajstić information content (AvgIpc) is 2.81. The molecule has 1 N–H and O–H groups in total. The van der Waals surface area contributed by atoms with Gasteiger partial charge in [-0.05, 0) is 37.0 Å². The van der Waals surface area contributed by atoms with Gasteiger partial charge in [-0.2, -0.15) is 0 Å². The summed E-state index contributed by atoms with van der Waals surface area (Å²) in [6, 6.07) is 6.12. The Labute approximate surface area is 125 Å². The molecular formula is C16H23N3O2. The van der Waals surface area contributed by atoms with E-state index in [2.05, 4.69) is 30.2 Å². The predicted molar refractivity (Wildman–Crippen MR) is 81.0 cm³/mol. The highest BCUT2D eigenvalue weighted by atomic mass is 16.5. The van der Waals surface area contributed by atoms with Gasteiger partial charge in [0, 0.05) is 6.54 Å². The lowest BCUT2D eigenvalue weighted by Crippen LogP contribution is -2.13. The van der Waals surface area contributed by atoms with Crippen LogP contribution in [0.15, 0.2) is 18.2 Å². The summed E-state index contributed by atoms with van der Waals surface area (Å²) in [5.74, 6) is 1.31. The van der Waals surface area contributed by atoms with E-state index in [0.29, 0.717) is 18.2 Å². The second-order valence-corrected chi connectivity index (χ2v) is 5.77. The maximum absolute atomic E-state index is 9.39. The van der Waals surface area contributed by atoms with E-state index >= 15 is 0 Å². The molecule has 0 saturated carbocycles. The first-order valence-corrected chi connectivity index (χ1v) is 7.23. The molecule has 21 heavy (non-hydrogen) atoms. The number of aromatic nitrogens is 3. The number of aliphatic hydroxyl groups is 1. The molecule has 1 aromatic heterocycles. The highest BCUT2D eigenvalue weighted by Gasteiger charge is 2.14. The molecule has 0 saturated heterocycles. The molecule has 5 heteroatoms. The van der Waals surface area contributed by atoms with Crippen LogP contribution in [0.25, 0.3) is 0 Å². The van der Waals surface area contributed by atoms with E-state index in [1.165, 1.54) is 0 Å². The van der Waals surface area contributed by atoms with Crippen LogP contribution in [0.1, 0.15) is 36.4 Å². The van der Waals surface area contributed by atoms with E-state index in [-0.39, 0.29) is 6.61 Å². The predicted octanol–water partition coefficient (Wildman–Crippen LogP) is 2.62. The van der Waals surface area contributed by atoms with Crippen molar-refractivity contribution in [3.63, 3.8) is 0 Å². The zero-order valence-corrected chi connectivity index (χ0v) is 13.1. The van der Waals surface area contributed by atoms with Crippen LogP contribution in [-0.4, -0.2) is 20.1 Å². The van der Waals surface area contributed by atoms with E-state index in [0.717, 1.165) is 29.1 Å². The van der Waals surface area contributed by atoms with Crippen LogP contribution in [0.4, 0.5) is 0 Å². The lowest BCUT2D eigenvalue weighted by molar-refractivity contribution is 0.259. The van der Waals surface area contributed by atoms with E-state index in [1.54, 1.807) is 0 Å². The first kappa shape index (κ1) is 15.5. The third-order valence-corrected chi connectivity index (χ3v) is 3.31. The van der Waals surface area contributed by atoms with E-state index in [4.69, 9.17) is 4.74 Å². The van der Waals surface area contributed by atoms with Crippen molar-refractivity contribution < 1.29 is 9.84 Å². The third-order valence-electron chi connectivity index (χ3n) is 3.31. The van der Waals surface area contributed by atoms with E-state index in [9.17, 15) is 5.11 Å². The number of aliphatic hydroxyl groups excluding tert-OH is 1. The average molecular weight is 289 g/mol. The van der Waals surface area contributed by atoms with Crippen molar-refractivity contribution >= 4 is 0 Å². The summed E-state index contributed by atoms with van der Waals surface area (Å²) in [4.78, 5) is 0. The number of hydrogen-bond acceptors (Lipinski definition) is 4. The summed E-state index contributed by atoms with van der Waals surface area (Å²) in [5.41, 5.74) is 3.67. The summed E-state index contributed by atoms with van der Waals surface area (Å²) in [7, 11) is 0. The van der Waals surface area contributed by atoms with Gasteiger partial charge in [-0.1, -0.05) is 31.2 Å². The molecule has 2 rings (SSSR count). The molecule has 0 spiro atoms. The van der Waals surface area contributed by atoms with Gasteiger partial charge in [-0.25, -0.2) is 4.68 Å². The van der Waals surface area contributed by atoms with Crippen LogP contribution < -0.4 is 4.74 Å². The van der Waals surface area contributed by atoms with E-state index in [1.807, 2.05) is 30.7 Å². The first-order chi connectivity index (χ1) is 10.0. The summed E-state index contributed by atoms with van der Waals surface area (Å²) in [5, 5.41) is 17.5. The van der Waals surface area contributed by atoms with Gasteiger partial charge in [0.05, 0.1) is 6.61 Å². The van der Waals surface area contributed by atoms with Gasteiger partial charge >= 0.3 is 0 Å². The fourth-order valence-corrected chi connectivity index (χ4v) is 2.15. The van der Waals surface area contributed by atoms with Crippen molar-refractivity contribution in [1.82, 2.24) is 15.0 Å². The number of benzene rings is 1. The lowest BCUT2D eigenvalue weighted by Gasteiger charge is -2.13. The quantitative estimate of drug-likeness (QED) is 0.888. The highest BCUT2D eigenvalue weighted by Crippen LogP contribution is 2.21. The second kappa shape index (κ2) is 6.72. The fraction of sp³-hybridized carbons (Fsp3) is 0.500. The SMILES string of the molecule is Cc1ccc(C)c(OCc2c(CO)nnn2CC(C)C)c1. The van der Waals surface area contributed by atoms with E-state index < -0.39 is 0 Å². The molecule has 0 amide bonds. The number of aryl methyl sites for hydroxylation is 2. The smallest absolute Gasteiger partial charge is 0.132 e. The minimum absolute atomic E-state index is 0.121. The standard InChI is InChI=1S/C16H23N3O2/c1-11(2)8-19-15(14(9-20)17-18-19)10-21-16-7-12(3)5-6-13(16)4/h5-7,11,20H,8-10H2,1-4H3. The zero-order valence-electron chi connectivity index (χ0n) is 13.1. The number of rotatable bonds is 6. The molecule has 0 unspecified atom stereocenters. The third kappa shape index (κ3) is 3.82. The normalized spacial score (nSPS) is 11.1. The van der Waals surface area contributed by atoms with Crippen molar-refractivity contribution in [3.05, 3.63) is 40.7 Å². The number of ether oxygens (including phenoxy) is 1. The van der Waals surface area contributed by atoms with Gasteiger partial charge in [0.15, 0.2) is 0 Å². The topological polar surface area (TPSA) is 60.2 Å². The van der Waals surface area contributed by atoms with Crippen molar-refractivity contribution in [2.24, 2.45) is 5.92 Å². The van der Waals surface area contributed by atoms with Crippen LogP contribution in [0.5, 0.6) is 5.75 Å². The Bertz CT molecular complexity index is 606. The molecular weight excluding hydrogens is 266 g/mol. The number of hydrogen-bond donors (Lipinski definition) is 1. The Morgan fingerprint density at radius 2 is 2.05 bits per heavy atom. The molecule has 2 aromatic rings. The van der Waals surface area contributed by atoms with Gasteiger partial charge in [0.1, 0.15) is 23.7 Å². The van der Waals surface area contributed by atoms with Crippen LogP contribution in [0.2, 0.25) is 0 Å². The van der Waals surface area contributed by atoms with Crippen LogP contribution in [0.3, 0.4) is 0 Å². The monoisotopic (exact) mass is 289 g/mol. The first-order valence-electron chi connectivity index (χ1n) is 7.23. The van der Waals surface area contributed by atoms with Gasteiger partial charge in [-0.15, -0.1) is 5.10 Å². The summed E-state index contributed by atoms with van der Waals surface area (Å²) < 4.78 is 7.74. The molecule has 0 aliphatic heterocycles. The second-order valence-electron chi connectivity index (χ2n) is 5.77. The molecule has 0 atom stereocenters. The fourth-order valence-electron chi connectivity index (χ4n) is 2.15. The Hall–Kier alpha value is -1.88. The van der Waals surface area contributed by atoms with Crippen LogP contribution >= 0.6 is 0 Å². The zero-order chi connectivity index (χ0) is 15.4. The summed E-state index contributed by atoms with van der Waals surface area (Å²) in [6.45, 7) is 9.30. The molecule has 0 bridgehead atoms. The molecule has 0 aliphatic rings. The molecule has 1 aromatic carbocycles. The summed E-state index contributed by atoms with van der Waals surface area (Å²) >= 11 is 0. The molecule has 114 valence electrons. The van der Waals surface area contributed by atoms with Crippen molar-refractivity contribution in [1.29, 1.82) is 0 Å². The molecule has 0 aliphatic carbocycles. The largest absolute Gasteiger partial charge is 0.487 e. The van der Waals surface area contributed by atoms with Crippen molar-refractivity contribution in [3.8, 4) is 5.75 Å². The van der Waals surface area contributed by atoms with Gasteiger partial charge in [0.2, 0.25) is 0 Å². The Morgan fingerprint density at radius 3 is 2.71 bits per heavy atom. The molecule has 1 heterocycles. The molecule has 5 nitrogen and oxygen atoms in total. The van der Waals surface area contributed by atoms with Gasteiger partial charge < -0.3 is 9.84 Å². The Balaban J connectivity index is 2.18. The molecule has 0 radical (unpaired) electrons. The Morgan fingerprint density at radius 1 is 1.29 bits per heavy atom.